The highest BCUT2D eigenvalue weighted by molar-refractivity contribution is 5.79. The van der Waals surface area contributed by atoms with Crippen LogP contribution >= 0.6 is 0 Å². The van der Waals surface area contributed by atoms with Crippen LogP contribution in [0.1, 0.15) is 17.5 Å². The van der Waals surface area contributed by atoms with Gasteiger partial charge in [-0.25, -0.2) is 0 Å². The Hall–Kier alpha value is -1.51. The molecule has 0 bridgehead atoms. The molecule has 0 aromatic heterocycles. The number of phenolic OH excluding ortho intramolecular Hbond substituents is 1. The first-order valence-electron chi connectivity index (χ1n) is 4.69. The van der Waals surface area contributed by atoms with Gasteiger partial charge in [0.1, 0.15) is 5.75 Å². The molecule has 3 nitrogen and oxygen atoms in total. The standard InChI is InChI=1S/C11H10O3/c12-7-2-1-6-4-11(8(6)3-7)5-9(11)10(13)14/h1-3,9,12H,4-5H2,(H,13,14)/t9-,11-/m1/s1. The summed E-state index contributed by atoms with van der Waals surface area (Å²) in [5, 5.41) is 18.2. The van der Waals surface area contributed by atoms with Crippen LogP contribution in [0, 0.1) is 5.92 Å². The average molecular weight is 190 g/mol. The lowest BCUT2D eigenvalue weighted by molar-refractivity contribution is -0.139. The molecule has 14 heavy (non-hydrogen) atoms. The molecule has 0 unspecified atom stereocenters. The summed E-state index contributed by atoms with van der Waals surface area (Å²) in [6, 6.07) is 5.25. The van der Waals surface area contributed by atoms with E-state index in [0.717, 1.165) is 18.4 Å². The van der Waals surface area contributed by atoms with Crippen molar-refractivity contribution in [3.63, 3.8) is 0 Å². The molecule has 1 aromatic carbocycles. The third kappa shape index (κ3) is 0.750. The number of phenols is 1. The highest BCUT2D eigenvalue weighted by Gasteiger charge is 2.64. The minimum Gasteiger partial charge on any atom is -0.508 e. The zero-order chi connectivity index (χ0) is 9.92. The molecular weight excluding hydrogens is 180 g/mol. The normalized spacial score (nSPS) is 32.1. The Bertz CT molecular complexity index is 438. The van der Waals surface area contributed by atoms with Gasteiger partial charge in [-0.3, -0.25) is 4.79 Å². The van der Waals surface area contributed by atoms with Crippen LogP contribution in [0.4, 0.5) is 0 Å². The molecule has 3 rings (SSSR count). The summed E-state index contributed by atoms with van der Waals surface area (Å²) >= 11 is 0. The maximum absolute atomic E-state index is 10.8. The van der Waals surface area contributed by atoms with Gasteiger partial charge in [0.2, 0.25) is 0 Å². The quantitative estimate of drug-likeness (QED) is 0.701. The number of benzene rings is 1. The van der Waals surface area contributed by atoms with Crippen molar-refractivity contribution in [2.24, 2.45) is 5.92 Å². The van der Waals surface area contributed by atoms with E-state index in [1.165, 1.54) is 5.56 Å². The van der Waals surface area contributed by atoms with Gasteiger partial charge >= 0.3 is 5.97 Å². The van der Waals surface area contributed by atoms with Gasteiger partial charge in [0.15, 0.2) is 0 Å². The number of rotatable bonds is 1. The van der Waals surface area contributed by atoms with Gasteiger partial charge in [0.25, 0.3) is 0 Å². The zero-order valence-electron chi connectivity index (χ0n) is 7.53. The maximum atomic E-state index is 10.8. The lowest BCUT2D eigenvalue weighted by Crippen LogP contribution is -2.28. The fourth-order valence-electron chi connectivity index (χ4n) is 2.63. The van der Waals surface area contributed by atoms with Crippen molar-refractivity contribution in [2.45, 2.75) is 18.3 Å². The van der Waals surface area contributed by atoms with Crippen LogP contribution in [0.5, 0.6) is 5.75 Å². The van der Waals surface area contributed by atoms with E-state index in [1.807, 2.05) is 6.07 Å². The summed E-state index contributed by atoms with van der Waals surface area (Å²) in [7, 11) is 0. The molecule has 2 N–H and O–H groups in total. The molecule has 0 heterocycles. The number of aliphatic carboxylic acids is 1. The van der Waals surface area contributed by atoms with E-state index in [4.69, 9.17) is 5.11 Å². The molecule has 1 spiro atoms. The molecule has 0 radical (unpaired) electrons. The molecule has 1 fully saturated rings. The first kappa shape index (κ1) is 7.85. The third-order valence-corrected chi connectivity index (χ3v) is 3.51. The first-order valence-corrected chi connectivity index (χ1v) is 4.69. The Labute approximate surface area is 81.0 Å². The van der Waals surface area contributed by atoms with Crippen molar-refractivity contribution in [2.75, 3.05) is 0 Å². The Morgan fingerprint density at radius 1 is 1.50 bits per heavy atom. The van der Waals surface area contributed by atoms with Gasteiger partial charge in [-0.1, -0.05) is 6.07 Å². The number of carboxylic acids is 1. The third-order valence-electron chi connectivity index (χ3n) is 3.51. The molecule has 3 heteroatoms. The van der Waals surface area contributed by atoms with E-state index in [9.17, 15) is 9.90 Å². The van der Waals surface area contributed by atoms with E-state index < -0.39 is 5.97 Å². The smallest absolute Gasteiger partial charge is 0.307 e. The number of carbonyl (C=O) groups is 1. The summed E-state index contributed by atoms with van der Waals surface area (Å²) < 4.78 is 0. The van der Waals surface area contributed by atoms with Crippen LogP contribution in [0.3, 0.4) is 0 Å². The van der Waals surface area contributed by atoms with Crippen molar-refractivity contribution >= 4 is 5.97 Å². The minimum atomic E-state index is -0.709. The lowest BCUT2D eigenvalue weighted by atomic mass is 9.73. The Kier molecular flexibility index (Phi) is 1.18. The van der Waals surface area contributed by atoms with Gasteiger partial charge in [-0.15, -0.1) is 0 Å². The minimum absolute atomic E-state index is 0.125. The summed E-state index contributed by atoms with van der Waals surface area (Å²) in [4.78, 5) is 10.8. The number of hydrogen-bond acceptors (Lipinski definition) is 2. The number of carboxylic acid groups (broad SMARTS) is 1. The van der Waals surface area contributed by atoms with Gasteiger partial charge < -0.3 is 10.2 Å². The van der Waals surface area contributed by atoms with Crippen molar-refractivity contribution in [3.05, 3.63) is 29.3 Å². The monoisotopic (exact) mass is 190 g/mol. The highest BCUT2D eigenvalue weighted by atomic mass is 16.4. The maximum Gasteiger partial charge on any atom is 0.307 e. The van der Waals surface area contributed by atoms with Crippen molar-refractivity contribution in [1.82, 2.24) is 0 Å². The second kappa shape index (κ2) is 2.11. The zero-order valence-corrected chi connectivity index (χ0v) is 7.53. The van der Waals surface area contributed by atoms with E-state index in [-0.39, 0.29) is 17.1 Å². The second-order valence-electron chi connectivity index (χ2n) is 4.27. The molecule has 0 saturated heterocycles. The summed E-state index contributed by atoms with van der Waals surface area (Å²) in [5.41, 5.74) is 2.11. The molecule has 2 aliphatic carbocycles. The van der Waals surface area contributed by atoms with Crippen LogP contribution in [0.25, 0.3) is 0 Å². The van der Waals surface area contributed by atoms with Gasteiger partial charge in [0.05, 0.1) is 5.92 Å². The van der Waals surface area contributed by atoms with E-state index in [0.29, 0.717) is 0 Å². The molecule has 1 saturated carbocycles. The number of aromatic hydroxyl groups is 1. The van der Waals surface area contributed by atoms with Crippen LogP contribution < -0.4 is 0 Å². The number of hydrogen-bond donors (Lipinski definition) is 2. The Morgan fingerprint density at radius 3 is 2.93 bits per heavy atom. The molecule has 1 aromatic rings. The van der Waals surface area contributed by atoms with Crippen molar-refractivity contribution < 1.29 is 15.0 Å². The number of fused-ring (bicyclic) bond motifs is 2. The van der Waals surface area contributed by atoms with Gasteiger partial charge in [-0.2, -0.15) is 0 Å². The predicted molar refractivity (Wildman–Crippen MR) is 49.2 cm³/mol. The van der Waals surface area contributed by atoms with Crippen LogP contribution in [0.15, 0.2) is 18.2 Å². The van der Waals surface area contributed by atoms with Crippen molar-refractivity contribution in [1.29, 1.82) is 0 Å². The fourth-order valence-corrected chi connectivity index (χ4v) is 2.63. The molecule has 72 valence electrons. The summed E-state index contributed by atoms with van der Waals surface area (Å²) in [6.07, 6.45) is 1.60. The van der Waals surface area contributed by atoms with Crippen LogP contribution in [0.2, 0.25) is 0 Å². The topological polar surface area (TPSA) is 57.5 Å². The largest absolute Gasteiger partial charge is 0.508 e. The van der Waals surface area contributed by atoms with Crippen molar-refractivity contribution in [3.8, 4) is 5.75 Å². The van der Waals surface area contributed by atoms with Gasteiger partial charge in [0, 0.05) is 5.41 Å². The lowest BCUT2D eigenvalue weighted by Gasteiger charge is -2.31. The second-order valence-corrected chi connectivity index (χ2v) is 4.27. The Balaban J connectivity index is 2.00. The summed E-state index contributed by atoms with van der Waals surface area (Å²) in [5.74, 6) is -0.699. The predicted octanol–water partition coefficient (Wildman–Crippen LogP) is 1.29. The fraction of sp³-hybridized carbons (Fsp3) is 0.364. The molecule has 0 aliphatic heterocycles. The average Bonchev–Trinajstić information content (AvgIpc) is 2.85. The molecule has 0 amide bonds. The molecule has 2 atom stereocenters. The first-order chi connectivity index (χ1) is 6.63. The van der Waals surface area contributed by atoms with E-state index in [1.54, 1.807) is 12.1 Å². The molecular formula is C11H10O3. The van der Waals surface area contributed by atoms with Crippen LogP contribution in [-0.4, -0.2) is 16.2 Å². The van der Waals surface area contributed by atoms with Crippen LogP contribution in [-0.2, 0) is 16.6 Å². The van der Waals surface area contributed by atoms with E-state index >= 15 is 0 Å². The SMILES string of the molecule is O=C(O)[C@H]1C[C@@]12Cc1ccc(O)cc12. The van der Waals surface area contributed by atoms with Gasteiger partial charge in [-0.05, 0) is 36.1 Å². The summed E-state index contributed by atoms with van der Waals surface area (Å²) in [6.45, 7) is 0. The van der Waals surface area contributed by atoms with E-state index in [2.05, 4.69) is 0 Å². The Morgan fingerprint density at radius 2 is 2.29 bits per heavy atom. The highest BCUT2D eigenvalue weighted by Crippen LogP contribution is 2.63. The molecule has 2 aliphatic rings.